The van der Waals surface area contributed by atoms with E-state index in [0.717, 1.165) is 23.5 Å². The topological polar surface area (TPSA) is 140 Å². The van der Waals surface area contributed by atoms with Crippen LogP contribution in [0.5, 0.6) is 0 Å². The minimum absolute atomic E-state index is 0.0139. The summed E-state index contributed by atoms with van der Waals surface area (Å²) in [6.45, 7) is 0. The Labute approximate surface area is 192 Å². The van der Waals surface area contributed by atoms with Crippen LogP contribution < -0.4 is 15.8 Å². The number of nitrogens with zero attached hydrogens (tertiary/aromatic N) is 2. The van der Waals surface area contributed by atoms with Crippen LogP contribution in [-0.4, -0.2) is 36.4 Å². The average Bonchev–Trinajstić information content (AvgIpc) is 3.38. The molecule has 2 heterocycles. The number of sulfonamides is 1. The third kappa shape index (κ3) is 5.54. The number of hydrogen-bond donors (Lipinski definition) is 3. The minimum Gasteiger partial charge on any atom is -0.382 e. The van der Waals surface area contributed by atoms with Crippen LogP contribution in [-0.2, 0) is 15.8 Å². The van der Waals surface area contributed by atoms with Crippen molar-refractivity contribution in [1.82, 2.24) is 14.9 Å². The highest BCUT2D eigenvalue weighted by atomic mass is 32.2. The molecule has 13 heteroatoms. The third-order valence-corrected chi connectivity index (χ3v) is 7.65. The van der Waals surface area contributed by atoms with Gasteiger partial charge in [0.05, 0.1) is 11.3 Å². The van der Waals surface area contributed by atoms with E-state index < -0.39 is 33.0 Å². The second-order valence-electron chi connectivity index (χ2n) is 7.72. The largest absolute Gasteiger partial charge is 0.382 e. The first kappa shape index (κ1) is 23.3. The number of carbonyl (C=O) groups excluding carboxylic acids is 1. The molecule has 4 N–H and O–H groups in total. The van der Waals surface area contributed by atoms with Crippen LogP contribution >= 0.6 is 11.3 Å². The molecule has 0 saturated heterocycles. The number of thiazole rings is 1. The van der Waals surface area contributed by atoms with Crippen molar-refractivity contribution >= 4 is 38.1 Å². The number of halogens is 2. The number of aromatic nitrogens is 2. The van der Waals surface area contributed by atoms with Gasteiger partial charge in [-0.1, -0.05) is 22.6 Å². The summed E-state index contributed by atoms with van der Waals surface area (Å²) in [5, 5.41) is 7.17. The molecule has 1 aliphatic carbocycles. The number of benzene rings is 1. The first-order chi connectivity index (χ1) is 15.7. The van der Waals surface area contributed by atoms with Crippen LogP contribution in [0.2, 0.25) is 0 Å². The van der Waals surface area contributed by atoms with Gasteiger partial charge in [-0.15, -0.1) is 0 Å². The number of anilines is 2. The Morgan fingerprint density at radius 1 is 1.15 bits per heavy atom. The zero-order chi connectivity index (χ0) is 23.6. The molecule has 176 valence electrons. The van der Waals surface area contributed by atoms with E-state index in [2.05, 4.69) is 24.7 Å². The number of nitrogens with one attached hydrogen (secondary N) is 2. The molecule has 33 heavy (non-hydrogen) atoms. The Kier molecular flexibility index (Phi) is 6.72. The van der Waals surface area contributed by atoms with Gasteiger partial charge in [-0.2, -0.15) is 0 Å². The van der Waals surface area contributed by atoms with Gasteiger partial charge in [-0.25, -0.2) is 26.9 Å². The SMILES string of the molecule is Nc1nc(N[C@H]2CC[C@H](NS(=O)(=O)Cc3ccon3)CC2)sc1C(=O)c1c(F)cccc1F. The van der Waals surface area contributed by atoms with Gasteiger partial charge in [0.25, 0.3) is 0 Å². The fourth-order valence-corrected chi connectivity index (χ4v) is 5.99. The van der Waals surface area contributed by atoms with Crippen molar-refractivity contribution < 1.29 is 26.5 Å². The molecule has 1 aliphatic rings. The number of ketones is 1. The highest BCUT2D eigenvalue weighted by Crippen LogP contribution is 2.31. The molecule has 0 bridgehead atoms. The summed E-state index contributed by atoms with van der Waals surface area (Å²) in [5.74, 6) is -3.15. The first-order valence-corrected chi connectivity index (χ1v) is 12.6. The average molecular weight is 498 g/mol. The van der Waals surface area contributed by atoms with Crippen molar-refractivity contribution in [3.63, 3.8) is 0 Å². The molecule has 0 unspecified atom stereocenters. The van der Waals surface area contributed by atoms with Crippen LogP contribution in [0.4, 0.5) is 19.7 Å². The molecule has 2 aromatic heterocycles. The number of nitrogens with two attached hydrogens (primary N) is 1. The summed E-state index contributed by atoms with van der Waals surface area (Å²) in [6.07, 6.45) is 3.83. The smallest absolute Gasteiger partial charge is 0.217 e. The van der Waals surface area contributed by atoms with E-state index >= 15 is 0 Å². The molecular weight excluding hydrogens is 476 g/mol. The molecule has 0 radical (unpaired) electrons. The zero-order valence-corrected chi connectivity index (χ0v) is 18.9. The molecule has 0 aliphatic heterocycles. The lowest BCUT2D eigenvalue weighted by atomic mass is 9.92. The van der Waals surface area contributed by atoms with Crippen LogP contribution in [0.1, 0.15) is 46.6 Å². The van der Waals surface area contributed by atoms with Crippen LogP contribution in [0.3, 0.4) is 0 Å². The van der Waals surface area contributed by atoms with Crippen molar-refractivity contribution in [3.05, 3.63) is 58.3 Å². The quantitative estimate of drug-likeness (QED) is 0.404. The zero-order valence-electron chi connectivity index (χ0n) is 17.3. The van der Waals surface area contributed by atoms with E-state index in [9.17, 15) is 22.0 Å². The third-order valence-electron chi connectivity index (χ3n) is 5.28. The molecule has 1 fully saturated rings. The number of hydrogen-bond acceptors (Lipinski definition) is 9. The summed E-state index contributed by atoms with van der Waals surface area (Å²) >= 11 is 0.929. The normalized spacial score (nSPS) is 18.8. The Morgan fingerprint density at radius 2 is 1.82 bits per heavy atom. The predicted octanol–water partition coefficient (Wildman–Crippen LogP) is 3.07. The number of nitrogen functional groups attached to an aromatic ring is 1. The summed E-state index contributed by atoms with van der Waals surface area (Å²) < 4.78 is 59.9. The summed E-state index contributed by atoms with van der Waals surface area (Å²) in [7, 11) is -3.54. The Morgan fingerprint density at radius 3 is 2.45 bits per heavy atom. The van der Waals surface area contributed by atoms with Gasteiger partial charge in [0.2, 0.25) is 15.8 Å². The summed E-state index contributed by atoms with van der Waals surface area (Å²) in [5.41, 5.74) is 5.50. The van der Waals surface area contributed by atoms with Crippen molar-refractivity contribution in [2.75, 3.05) is 11.1 Å². The molecule has 0 amide bonds. The molecule has 1 saturated carbocycles. The lowest BCUT2D eigenvalue weighted by Crippen LogP contribution is -2.40. The van der Waals surface area contributed by atoms with E-state index in [0.29, 0.717) is 36.5 Å². The Bertz CT molecular complexity index is 1220. The number of carbonyl (C=O) groups is 1. The fourth-order valence-electron chi connectivity index (χ4n) is 3.72. The predicted molar refractivity (Wildman–Crippen MR) is 118 cm³/mol. The Balaban J connectivity index is 1.34. The van der Waals surface area contributed by atoms with Gasteiger partial charge in [0, 0.05) is 18.2 Å². The number of rotatable bonds is 8. The van der Waals surface area contributed by atoms with Gasteiger partial charge in [-0.05, 0) is 37.8 Å². The Hall–Kier alpha value is -2.90. The van der Waals surface area contributed by atoms with Gasteiger partial charge < -0.3 is 15.6 Å². The molecular formula is C20H21F2N5O4S2. The molecule has 0 spiro atoms. The van der Waals surface area contributed by atoms with E-state index in [1.165, 1.54) is 18.4 Å². The van der Waals surface area contributed by atoms with E-state index in [1.54, 1.807) is 0 Å². The molecule has 9 nitrogen and oxygen atoms in total. The van der Waals surface area contributed by atoms with Crippen molar-refractivity contribution in [3.8, 4) is 0 Å². The standard InChI is InChI=1S/C20H21F2N5O4S2/c21-14-2-1-3-15(22)16(14)17(28)18-19(23)25-20(32-18)24-11-4-6-12(7-5-11)27-33(29,30)10-13-8-9-31-26-13/h1-3,8-9,11-12,27H,4-7,10,23H2,(H,24,25)/t11-,12-. The van der Waals surface area contributed by atoms with Crippen LogP contribution in [0.25, 0.3) is 0 Å². The lowest BCUT2D eigenvalue weighted by Gasteiger charge is -2.29. The second kappa shape index (κ2) is 9.53. The maximum absolute atomic E-state index is 14.0. The fraction of sp³-hybridized carbons (Fsp3) is 0.350. The van der Waals surface area contributed by atoms with Gasteiger partial charge in [-0.3, -0.25) is 4.79 Å². The van der Waals surface area contributed by atoms with Gasteiger partial charge in [0.15, 0.2) is 5.13 Å². The van der Waals surface area contributed by atoms with Crippen molar-refractivity contribution in [2.45, 2.75) is 43.5 Å². The highest BCUT2D eigenvalue weighted by molar-refractivity contribution is 7.88. The molecule has 1 aromatic carbocycles. The maximum atomic E-state index is 14.0. The first-order valence-electron chi connectivity index (χ1n) is 10.1. The van der Waals surface area contributed by atoms with E-state index in [-0.39, 0.29) is 28.5 Å². The molecule has 3 aromatic rings. The van der Waals surface area contributed by atoms with Gasteiger partial charge in [0.1, 0.15) is 34.3 Å². The van der Waals surface area contributed by atoms with E-state index in [1.807, 2.05) is 0 Å². The van der Waals surface area contributed by atoms with Crippen LogP contribution in [0.15, 0.2) is 35.1 Å². The second-order valence-corrected chi connectivity index (χ2v) is 10.5. The van der Waals surface area contributed by atoms with Crippen LogP contribution in [0, 0.1) is 11.6 Å². The maximum Gasteiger partial charge on any atom is 0.217 e. The summed E-state index contributed by atoms with van der Waals surface area (Å²) in [6, 6.07) is 4.47. The lowest BCUT2D eigenvalue weighted by molar-refractivity contribution is 0.103. The monoisotopic (exact) mass is 497 g/mol. The molecule has 4 rings (SSSR count). The van der Waals surface area contributed by atoms with Gasteiger partial charge >= 0.3 is 0 Å². The van der Waals surface area contributed by atoms with Crippen molar-refractivity contribution in [1.29, 1.82) is 0 Å². The minimum atomic E-state index is -3.54. The highest BCUT2D eigenvalue weighted by Gasteiger charge is 2.28. The van der Waals surface area contributed by atoms with Crippen molar-refractivity contribution in [2.24, 2.45) is 0 Å². The summed E-state index contributed by atoms with van der Waals surface area (Å²) in [4.78, 5) is 16.7. The molecule has 0 atom stereocenters. The van der Waals surface area contributed by atoms with E-state index in [4.69, 9.17) is 5.73 Å².